The Morgan fingerprint density at radius 2 is 2.44 bits per heavy atom. The highest BCUT2D eigenvalue weighted by atomic mass is 32.2. The Morgan fingerprint density at radius 3 is 3.06 bits per heavy atom. The molecular weight excluding hydrogens is 282 g/mol. The molecule has 1 aliphatic heterocycles. The fourth-order valence-electron chi connectivity index (χ4n) is 1.54. The molecule has 2 rings (SSSR count). The largest absolute Gasteiger partial charge is 0.300 e. The Balaban J connectivity index is 1.91. The van der Waals surface area contributed by atoms with Gasteiger partial charge >= 0.3 is 0 Å². The summed E-state index contributed by atoms with van der Waals surface area (Å²) in [5, 5.41) is 13.0. The summed E-state index contributed by atoms with van der Waals surface area (Å²) in [6.07, 6.45) is -0.478. The molecule has 0 aromatic carbocycles. The van der Waals surface area contributed by atoms with E-state index in [9.17, 15) is 13.6 Å². The van der Waals surface area contributed by atoms with Crippen LogP contribution in [0.4, 0.5) is 13.9 Å². The van der Waals surface area contributed by atoms with Gasteiger partial charge in [0.05, 0.1) is 12.6 Å². The monoisotopic (exact) mass is 294 g/mol. The van der Waals surface area contributed by atoms with E-state index in [2.05, 4.69) is 20.8 Å². The minimum atomic E-state index is -2.81. The predicted molar refractivity (Wildman–Crippen MR) is 66.3 cm³/mol. The summed E-state index contributed by atoms with van der Waals surface area (Å²) < 4.78 is 26.6. The molecule has 1 saturated heterocycles. The van der Waals surface area contributed by atoms with E-state index < -0.39 is 30.8 Å². The van der Waals surface area contributed by atoms with E-state index in [4.69, 9.17) is 0 Å². The van der Waals surface area contributed by atoms with E-state index in [0.29, 0.717) is 5.13 Å². The van der Waals surface area contributed by atoms with Gasteiger partial charge in [0.1, 0.15) is 0 Å². The van der Waals surface area contributed by atoms with Crippen molar-refractivity contribution in [2.24, 2.45) is 0 Å². The van der Waals surface area contributed by atoms with Gasteiger partial charge in [-0.3, -0.25) is 15.4 Å². The molecule has 2 N–H and O–H groups in total. The zero-order chi connectivity index (χ0) is 13.2. The molecule has 1 unspecified atom stereocenters. The lowest BCUT2D eigenvalue weighted by Crippen LogP contribution is -2.35. The third-order valence-electron chi connectivity index (χ3n) is 2.33. The van der Waals surface area contributed by atoms with Crippen LogP contribution < -0.4 is 10.6 Å². The fourth-order valence-corrected chi connectivity index (χ4v) is 3.19. The Labute approximate surface area is 111 Å². The first-order valence-corrected chi connectivity index (χ1v) is 7.19. The zero-order valence-electron chi connectivity index (χ0n) is 9.57. The van der Waals surface area contributed by atoms with E-state index in [1.165, 1.54) is 23.1 Å². The lowest BCUT2D eigenvalue weighted by Gasteiger charge is -2.08. The second-order valence-electron chi connectivity index (χ2n) is 3.79. The van der Waals surface area contributed by atoms with Crippen molar-refractivity contribution in [3.63, 3.8) is 0 Å². The highest BCUT2D eigenvalue weighted by molar-refractivity contribution is 8.01. The molecule has 0 aliphatic carbocycles. The molecule has 18 heavy (non-hydrogen) atoms. The maximum Gasteiger partial charge on any atom is 0.262 e. The molecular formula is C9H12F2N4OS2. The minimum absolute atomic E-state index is 0.341. The molecule has 5 nitrogen and oxygen atoms in total. The molecule has 1 atom stereocenters. The summed E-state index contributed by atoms with van der Waals surface area (Å²) in [7, 11) is 0. The quantitative estimate of drug-likeness (QED) is 0.652. The number of carbonyl (C=O) groups is 1. The average Bonchev–Trinajstić information content (AvgIpc) is 2.86. The highest BCUT2D eigenvalue weighted by Crippen LogP contribution is 2.27. The minimum Gasteiger partial charge on any atom is -0.300 e. The van der Waals surface area contributed by atoms with Crippen LogP contribution >= 0.6 is 23.1 Å². The van der Waals surface area contributed by atoms with Crippen LogP contribution in [0.25, 0.3) is 0 Å². The van der Waals surface area contributed by atoms with E-state index in [0.717, 1.165) is 10.1 Å². The Hall–Kier alpha value is -0.800. The number of halogens is 2. The van der Waals surface area contributed by atoms with Crippen LogP contribution in [0, 0.1) is 0 Å². The van der Waals surface area contributed by atoms with Crippen LogP contribution in [-0.2, 0) is 4.79 Å². The van der Waals surface area contributed by atoms with Crippen LogP contribution in [0.2, 0.25) is 0 Å². The number of rotatable bonds is 4. The first-order chi connectivity index (χ1) is 8.50. The predicted octanol–water partition coefficient (Wildman–Crippen LogP) is 1.59. The molecule has 0 saturated carbocycles. The van der Waals surface area contributed by atoms with Gasteiger partial charge in [-0.25, -0.2) is 8.78 Å². The van der Waals surface area contributed by atoms with E-state index in [-0.39, 0.29) is 0 Å². The van der Waals surface area contributed by atoms with Gasteiger partial charge in [-0.1, -0.05) is 30.0 Å². The second kappa shape index (κ2) is 5.45. The van der Waals surface area contributed by atoms with Gasteiger partial charge in [0, 0.05) is 6.42 Å². The van der Waals surface area contributed by atoms with Gasteiger partial charge in [0.15, 0.2) is 4.34 Å². The van der Waals surface area contributed by atoms with Crippen molar-refractivity contribution < 1.29 is 13.6 Å². The number of alkyl halides is 2. The summed E-state index contributed by atoms with van der Waals surface area (Å²) >= 11 is 2.75. The third-order valence-corrected chi connectivity index (χ3v) is 4.18. The van der Waals surface area contributed by atoms with Gasteiger partial charge < -0.3 is 0 Å². The number of nitrogens with one attached hydrogen (secondary N) is 2. The maximum absolute atomic E-state index is 12.9. The zero-order valence-corrected chi connectivity index (χ0v) is 11.2. The summed E-state index contributed by atoms with van der Waals surface area (Å²) in [5.41, 5.74) is 0. The number of thioether (sulfide) groups is 1. The van der Waals surface area contributed by atoms with Crippen molar-refractivity contribution in [1.29, 1.82) is 0 Å². The van der Waals surface area contributed by atoms with Crippen molar-refractivity contribution in [2.45, 2.75) is 29.6 Å². The van der Waals surface area contributed by atoms with Gasteiger partial charge in [0.2, 0.25) is 11.0 Å². The number of amides is 1. The molecule has 1 fully saturated rings. The first-order valence-electron chi connectivity index (χ1n) is 5.38. The lowest BCUT2D eigenvalue weighted by atomic mass is 10.2. The van der Waals surface area contributed by atoms with Crippen LogP contribution in [-0.4, -0.2) is 40.4 Å². The highest BCUT2D eigenvalue weighted by Gasteiger charge is 2.42. The lowest BCUT2D eigenvalue weighted by molar-refractivity contribution is -0.118. The van der Waals surface area contributed by atoms with E-state index in [1.807, 2.05) is 6.92 Å². The number of hydrogen-bond acceptors (Lipinski definition) is 6. The smallest absolute Gasteiger partial charge is 0.262 e. The summed E-state index contributed by atoms with van der Waals surface area (Å²) in [4.78, 5) is 11.7. The number of hydrogen-bond donors (Lipinski definition) is 2. The Kier molecular flexibility index (Phi) is 4.13. The van der Waals surface area contributed by atoms with Gasteiger partial charge in [0.25, 0.3) is 5.92 Å². The molecule has 2 heterocycles. The van der Waals surface area contributed by atoms with Gasteiger partial charge in [-0.2, -0.15) is 0 Å². The first kappa shape index (κ1) is 13.6. The van der Waals surface area contributed by atoms with Crippen LogP contribution in [0.1, 0.15) is 13.3 Å². The Morgan fingerprint density at radius 1 is 1.67 bits per heavy atom. The molecule has 1 aromatic heterocycles. The summed E-state index contributed by atoms with van der Waals surface area (Å²) in [6.45, 7) is 1.52. The second-order valence-corrected chi connectivity index (χ2v) is 6.28. The standard InChI is InChI=1S/C9H12F2N4OS2/c1-2-17-8-15-14-7(18-8)13-6(16)5-3-9(10,11)4-12-5/h5,12H,2-4H2,1H3,(H,13,14,16). The van der Waals surface area contributed by atoms with Crippen LogP contribution in [0.15, 0.2) is 4.34 Å². The number of anilines is 1. The molecule has 0 bridgehead atoms. The molecule has 0 radical (unpaired) electrons. The normalized spacial score (nSPS) is 22.1. The van der Waals surface area contributed by atoms with Crippen LogP contribution in [0.3, 0.4) is 0 Å². The topological polar surface area (TPSA) is 66.9 Å². The van der Waals surface area contributed by atoms with Crippen molar-refractivity contribution in [3.05, 3.63) is 0 Å². The van der Waals surface area contributed by atoms with Gasteiger partial charge in [-0.15, -0.1) is 10.2 Å². The van der Waals surface area contributed by atoms with Crippen molar-refractivity contribution in [3.8, 4) is 0 Å². The van der Waals surface area contributed by atoms with E-state index >= 15 is 0 Å². The van der Waals surface area contributed by atoms with Crippen molar-refractivity contribution in [2.75, 3.05) is 17.6 Å². The van der Waals surface area contributed by atoms with Crippen molar-refractivity contribution in [1.82, 2.24) is 15.5 Å². The van der Waals surface area contributed by atoms with Crippen molar-refractivity contribution >= 4 is 34.1 Å². The molecule has 100 valence electrons. The molecule has 1 aliphatic rings. The van der Waals surface area contributed by atoms with E-state index in [1.54, 1.807) is 0 Å². The van der Waals surface area contributed by atoms with Crippen LogP contribution in [0.5, 0.6) is 0 Å². The average molecular weight is 294 g/mol. The van der Waals surface area contributed by atoms with Gasteiger partial charge in [-0.05, 0) is 5.75 Å². The fraction of sp³-hybridized carbons (Fsp3) is 0.667. The SMILES string of the molecule is CCSc1nnc(NC(=O)C2CC(F)(F)CN2)s1. The number of nitrogens with zero attached hydrogens (tertiary/aromatic N) is 2. The number of carbonyl (C=O) groups excluding carboxylic acids is 1. The third kappa shape index (κ3) is 3.36. The molecule has 1 amide bonds. The molecule has 0 spiro atoms. The summed E-state index contributed by atoms with van der Waals surface area (Å²) in [5.74, 6) is -2.44. The molecule has 9 heteroatoms. The molecule has 1 aromatic rings. The summed E-state index contributed by atoms with van der Waals surface area (Å²) in [6, 6.07) is -0.869. The maximum atomic E-state index is 12.9. The number of aromatic nitrogens is 2. The Bertz CT molecular complexity index is 440.